The third kappa shape index (κ3) is 3.70. The smallest absolute Gasteiger partial charge is 0.265 e. The lowest BCUT2D eigenvalue weighted by Crippen LogP contribution is -2.42. The van der Waals surface area contributed by atoms with Gasteiger partial charge in [-0.05, 0) is 49.7 Å². The lowest BCUT2D eigenvalue weighted by molar-refractivity contribution is -0.112. The van der Waals surface area contributed by atoms with Gasteiger partial charge in [0.2, 0.25) is 5.24 Å². The zero-order valence-electron chi connectivity index (χ0n) is 12.8. The SMILES string of the molecule is Cc1ccc(S(=O)(=O)N(c2cccc(Cl)c2Cl)C(C)C(=O)Cl)cc1. The van der Waals surface area contributed by atoms with Gasteiger partial charge >= 0.3 is 0 Å². The van der Waals surface area contributed by atoms with Crippen LogP contribution in [0.5, 0.6) is 0 Å². The lowest BCUT2D eigenvalue weighted by atomic mass is 10.2. The van der Waals surface area contributed by atoms with Crippen molar-refractivity contribution in [2.75, 3.05) is 4.31 Å². The molecule has 0 aliphatic carbocycles. The summed E-state index contributed by atoms with van der Waals surface area (Å²) in [6, 6.07) is 9.63. The summed E-state index contributed by atoms with van der Waals surface area (Å²) in [4.78, 5) is 11.7. The molecule has 2 rings (SSSR count). The van der Waals surface area contributed by atoms with E-state index in [9.17, 15) is 13.2 Å². The fourth-order valence-electron chi connectivity index (χ4n) is 2.12. The first-order chi connectivity index (χ1) is 11.2. The molecule has 128 valence electrons. The molecule has 0 aromatic heterocycles. The highest BCUT2D eigenvalue weighted by Crippen LogP contribution is 2.37. The molecule has 0 N–H and O–H groups in total. The van der Waals surface area contributed by atoms with Crippen LogP contribution in [-0.4, -0.2) is 19.7 Å². The highest BCUT2D eigenvalue weighted by Gasteiger charge is 2.34. The van der Waals surface area contributed by atoms with E-state index >= 15 is 0 Å². The normalized spacial score (nSPS) is 12.7. The number of halogens is 3. The van der Waals surface area contributed by atoms with Crippen molar-refractivity contribution in [2.45, 2.75) is 24.8 Å². The number of hydrogen-bond donors (Lipinski definition) is 0. The third-order valence-electron chi connectivity index (χ3n) is 3.43. The Labute approximate surface area is 156 Å². The molecule has 0 aliphatic rings. The van der Waals surface area contributed by atoms with Crippen molar-refractivity contribution in [3.63, 3.8) is 0 Å². The number of sulfonamides is 1. The summed E-state index contributed by atoms with van der Waals surface area (Å²) >= 11 is 17.7. The van der Waals surface area contributed by atoms with Crippen LogP contribution < -0.4 is 4.31 Å². The Morgan fingerprint density at radius 3 is 2.21 bits per heavy atom. The number of carbonyl (C=O) groups is 1. The van der Waals surface area contributed by atoms with Crippen molar-refractivity contribution in [1.29, 1.82) is 0 Å². The van der Waals surface area contributed by atoms with E-state index in [-0.39, 0.29) is 20.6 Å². The molecule has 0 spiro atoms. The molecule has 0 heterocycles. The van der Waals surface area contributed by atoms with Gasteiger partial charge in [-0.25, -0.2) is 8.42 Å². The van der Waals surface area contributed by atoms with Crippen LogP contribution >= 0.6 is 34.8 Å². The number of rotatable bonds is 5. The monoisotopic (exact) mass is 405 g/mol. The zero-order valence-corrected chi connectivity index (χ0v) is 15.9. The van der Waals surface area contributed by atoms with Crippen molar-refractivity contribution in [3.05, 3.63) is 58.1 Å². The van der Waals surface area contributed by atoms with Crippen molar-refractivity contribution in [3.8, 4) is 0 Å². The van der Waals surface area contributed by atoms with Gasteiger partial charge in [-0.2, -0.15) is 0 Å². The summed E-state index contributed by atoms with van der Waals surface area (Å²) in [5.74, 6) is 0. The maximum atomic E-state index is 13.1. The molecule has 4 nitrogen and oxygen atoms in total. The molecule has 0 saturated carbocycles. The number of anilines is 1. The topological polar surface area (TPSA) is 54.5 Å². The Hall–Kier alpha value is -1.27. The van der Waals surface area contributed by atoms with Crippen molar-refractivity contribution in [1.82, 2.24) is 0 Å². The first-order valence-electron chi connectivity index (χ1n) is 6.90. The van der Waals surface area contributed by atoms with E-state index in [2.05, 4.69) is 0 Å². The predicted octanol–water partition coefficient (Wildman–Crippen LogP) is 4.65. The molecular formula is C16H14Cl3NO3S. The molecule has 0 amide bonds. The Morgan fingerprint density at radius 2 is 1.67 bits per heavy atom. The summed E-state index contributed by atoms with van der Waals surface area (Å²) in [5, 5.41) is -0.631. The molecule has 0 bridgehead atoms. The fourth-order valence-corrected chi connectivity index (χ4v) is 4.35. The molecule has 2 aromatic carbocycles. The number of carbonyl (C=O) groups excluding carboxylic acids is 1. The lowest BCUT2D eigenvalue weighted by Gasteiger charge is -2.29. The van der Waals surface area contributed by atoms with E-state index in [1.807, 2.05) is 6.92 Å². The molecule has 8 heteroatoms. The number of hydrogen-bond acceptors (Lipinski definition) is 3. The quantitative estimate of drug-likeness (QED) is 0.679. The Balaban J connectivity index is 2.69. The van der Waals surface area contributed by atoms with Gasteiger partial charge in [-0.15, -0.1) is 0 Å². The minimum Gasteiger partial charge on any atom is -0.279 e. The first kappa shape index (κ1) is 19.1. The number of nitrogens with zero attached hydrogens (tertiary/aromatic N) is 1. The zero-order chi connectivity index (χ0) is 18.1. The standard InChI is InChI=1S/C16H14Cl3NO3S/c1-10-6-8-12(9-7-10)24(22,23)20(11(2)16(19)21)14-5-3-4-13(17)15(14)18/h3-9,11H,1-2H3. The minimum atomic E-state index is -4.07. The van der Waals surface area contributed by atoms with E-state index < -0.39 is 21.3 Å². The van der Waals surface area contributed by atoms with Gasteiger partial charge in [-0.1, -0.05) is 47.0 Å². The minimum absolute atomic E-state index is 0.0221. The highest BCUT2D eigenvalue weighted by molar-refractivity contribution is 7.93. The molecule has 0 saturated heterocycles. The van der Waals surface area contributed by atoms with Gasteiger partial charge in [-0.3, -0.25) is 9.10 Å². The van der Waals surface area contributed by atoms with Gasteiger partial charge < -0.3 is 0 Å². The summed E-state index contributed by atoms with van der Waals surface area (Å²) < 4.78 is 27.0. The Kier molecular flexibility index (Phi) is 5.81. The van der Waals surface area contributed by atoms with Crippen LogP contribution in [0.25, 0.3) is 0 Å². The first-order valence-corrected chi connectivity index (χ1v) is 9.48. The molecule has 0 radical (unpaired) electrons. The van der Waals surface area contributed by atoms with Gasteiger partial charge in [0.15, 0.2) is 0 Å². The largest absolute Gasteiger partial charge is 0.279 e. The molecular weight excluding hydrogens is 393 g/mol. The number of aryl methyl sites for hydroxylation is 1. The van der Waals surface area contributed by atoms with Gasteiger partial charge in [0.25, 0.3) is 10.0 Å². The van der Waals surface area contributed by atoms with Crippen molar-refractivity contribution in [2.24, 2.45) is 0 Å². The van der Waals surface area contributed by atoms with Gasteiger partial charge in [0.1, 0.15) is 6.04 Å². The van der Waals surface area contributed by atoms with E-state index in [1.54, 1.807) is 18.2 Å². The second-order valence-electron chi connectivity index (χ2n) is 5.17. The summed E-state index contributed by atoms with van der Waals surface area (Å²) in [7, 11) is -4.07. The van der Waals surface area contributed by atoms with Crippen LogP contribution in [0.4, 0.5) is 5.69 Å². The van der Waals surface area contributed by atoms with E-state index in [0.29, 0.717) is 0 Å². The molecule has 1 unspecified atom stereocenters. The van der Waals surface area contributed by atoms with Crippen LogP contribution in [0.15, 0.2) is 47.4 Å². The van der Waals surface area contributed by atoms with E-state index in [4.69, 9.17) is 34.8 Å². The van der Waals surface area contributed by atoms with E-state index in [1.165, 1.54) is 31.2 Å². The second-order valence-corrected chi connectivity index (χ2v) is 8.14. The molecule has 0 fully saturated rings. The summed E-state index contributed by atoms with van der Waals surface area (Å²) in [6.07, 6.45) is 0. The predicted molar refractivity (Wildman–Crippen MR) is 97.6 cm³/mol. The summed E-state index contributed by atoms with van der Waals surface area (Å²) in [5.41, 5.74) is 0.994. The maximum absolute atomic E-state index is 13.1. The van der Waals surface area contributed by atoms with Crippen LogP contribution in [0.2, 0.25) is 10.0 Å². The average molecular weight is 407 g/mol. The van der Waals surface area contributed by atoms with Gasteiger partial charge in [0.05, 0.1) is 20.6 Å². The van der Waals surface area contributed by atoms with Gasteiger partial charge in [0, 0.05) is 0 Å². The van der Waals surface area contributed by atoms with E-state index in [0.717, 1.165) is 9.87 Å². The van der Waals surface area contributed by atoms with Crippen molar-refractivity contribution < 1.29 is 13.2 Å². The molecule has 24 heavy (non-hydrogen) atoms. The van der Waals surface area contributed by atoms with Crippen LogP contribution in [0.1, 0.15) is 12.5 Å². The Bertz CT molecular complexity index is 867. The van der Waals surface area contributed by atoms with Crippen molar-refractivity contribution >= 4 is 55.8 Å². The molecule has 2 aromatic rings. The second kappa shape index (κ2) is 7.31. The average Bonchev–Trinajstić information content (AvgIpc) is 2.51. The fraction of sp³-hybridized carbons (Fsp3) is 0.188. The summed E-state index contributed by atoms with van der Waals surface area (Å²) in [6.45, 7) is 3.23. The Morgan fingerprint density at radius 1 is 1.08 bits per heavy atom. The third-order valence-corrected chi connectivity index (χ3v) is 6.45. The van der Waals surface area contributed by atoms with Crippen LogP contribution in [0, 0.1) is 6.92 Å². The highest BCUT2D eigenvalue weighted by atomic mass is 35.5. The maximum Gasteiger partial charge on any atom is 0.265 e. The van der Waals surface area contributed by atoms with Crippen LogP contribution in [0.3, 0.4) is 0 Å². The molecule has 0 aliphatic heterocycles. The molecule has 1 atom stereocenters. The van der Waals surface area contributed by atoms with Crippen LogP contribution in [-0.2, 0) is 14.8 Å². The number of benzene rings is 2.